The normalized spacial score (nSPS) is 10.9. The fourth-order valence-corrected chi connectivity index (χ4v) is 2.49. The van der Waals surface area contributed by atoms with Crippen LogP contribution in [0.4, 0.5) is 0 Å². The molecule has 0 bridgehead atoms. The van der Waals surface area contributed by atoms with Gasteiger partial charge < -0.3 is 19.3 Å². The second-order valence-corrected chi connectivity index (χ2v) is 6.20. The summed E-state index contributed by atoms with van der Waals surface area (Å²) in [5.74, 6) is 2.26. The van der Waals surface area contributed by atoms with Gasteiger partial charge in [-0.05, 0) is 66.3 Å². The molecule has 4 heteroatoms. The van der Waals surface area contributed by atoms with Crippen LogP contribution in [-0.4, -0.2) is 19.0 Å². The number of rotatable bonds is 7. The van der Waals surface area contributed by atoms with Crippen molar-refractivity contribution in [2.75, 3.05) is 13.9 Å². The second kappa shape index (κ2) is 8.06. The molecule has 2 aromatic carbocycles. The summed E-state index contributed by atoms with van der Waals surface area (Å²) in [6.07, 6.45) is 0. The minimum atomic E-state index is 0.238. The van der Waals surface area contributed by atoms with E-state index in [2.05, 4.69) is 19.9 Å². The highest BCUT2D eigenvalue weighted by atomic mass is 16.7. The van der Waals surface area contributed by atoms with Crippen molar-refractivity contribution in [3.63, 3.8) is 0 Å². The fraction of sp³-hybridized carbons (Fsp3) is 0.400. The number of benzene rings is 2. The summed E-state index contributed by atoms with van der Waals surface area (Å²) in [7, 11) is 1.61. The van der Waals surface area contributed by atoms with Crippen molar-refractivity contribution in [3.8, 4) is 17.2 Å². The number of aromatic hydroxyl groups is 1. The Labute approximate surface area is 144 Å². The maximum atomic E-state index is 9.73. The van der Waals surface area contributed by atoms with E-state index in [0.717, 1.165) is 33.8 Å². The summed E-state index contributed by atoms with van der Waals surface area (Å²) in [4.78, 5) is 0. The molecule has 130 valence electrons. The minimum Gasteiger partial charge on any atom is -0.508 e. The van der Waals surface area contributed by atoms with Gasteiger partial charge in [-0.3, -0.25) is 0 Å². The van der Waals surface area contributed by atoms with E-state index in [9.17, 15) is 5.11 Å². The van der Waals surface area contributed by atoms with Crippen LogP contribution in [0, 0.1) is 13.8 Å². The zero-order chi connectivity index (χ0) is 17.7. The van der Waals surface area contributed by atoms with Gasteiger partial charge in [-0.2, -0.15) is 0 Å². The third-order valence-corrected chi connectivity index (χ3v) is 4.13. The van der Waals surface area contributed by atoms with Gasteiger partial charge in [-0.15, -0.1) is 0 Å². The van der Waals surface area contributed by atoms with Crippen molar-refractivity contribution in [2.45, 2.75) is 40.2 Å². The fourth-order valence-electron chi connectivity index (χ4n) is 2.49. The molecule has 2 aromatic rings. The molecule has 4 nitrogen and oxygen atoms in total. The summed E-state index contributed by atoms with van der Waals surface area (Å²) >= 11 is 0. The molecule has 0 aliphatic rings. The van der Waals surface area contributed by atoms with Crippen LogP contribution in [0.25, 0.3) is 0 Å². The van der Waals surface area contributed by atoms with Crippen LogP contribution in [-0.2, 0) is 11.3 Å². The zero-order valence-electron chi connectivity index (χ0n) is 15.1. The average molecular weight is 330 g/mol. The van der Waals surface area contributed by atoms with Crippen LogP contribution >= 0.6 is 0 Å². The van der Waals surface area contributed by atoms with Gasteiger partial charge in [0.2, 0.25) is 0 Å². The van der Waals surface area contributed by atoms with E-state index in [4.69, 9.17) is 14.2 Å². The largest absolute Gasteiger partial charge is 0.508 e. The van der Waals surface area contributed by atoms with Crippen LogP contribution in [0.15, 0.2) is 30.3 Å². The van der Waals surface area contributed by atoms with Gasteiger partial charge in [-0.1, -0.05) is 19.9 Å². The molecule has 0 unspecified atom stereocenters. The van der Waals surface area contributed by atoms with Gasteiger partial charge in [0.15, 0.2) is 6.79 Å². The van der Waals surface area contributed by atoms with E-state index in [1.54, 1.807) is 19.2 Å². The van der Waals surface area contributed by atoms with Crippen LogP contribution in [0.2, 0.25) is 0 Å². The first-order valence-corrected chi connectivity index (χ1v) is 8.10. The summed E-state index contributed by atoms with van der Waals surface area (Å²) in [5, 5.41) is 9.73. The number of methoxy groups -OCH3 is 1. The molecule has 0 aliphatic heterocycles. The first-order valence-electron chi connectivity index (χ1n) is 8.10. The Morgan fingerprint density at radius 3 is 2.33 bits per heavy atom. The van der Waals surface area contributed by atoms with Crippen molar-refractivity contribution in [3.05, 3.63) is 52.6 Å². The number of ether oxygens (including phenoxy) is 3. The summed E-state index contributed by atoms with van der Waals surface area (Å²) in [6, 6.07) is 9.54. The molecule has 0 atom stereocenters. The Kier molecular flexibility index (Phi) is 6.10. The Bertz CT molecular complexity index is 692. The predicted octanol–water partition coefficient (Wildman–Crippen LogP) is 4.69. The lowest BCUT2D eigenvalue weighted by molar-refractivity contribution is 0.0502. The molecular formula is C20H26O4. The van der Waals surface area contributed by atoms with Gasteiger partial charge in [0.25, 0.3) is 0 Å². The molecule has 0 heterocycles. The van der Waals surface area contributed by atoms with Crippen molar-refractivity contribution in [1.29, 1.82) is 0 Å². The summed E-state index contributed by atoms with van der Waals surface area (Å²) in [6.45, 7) is 8.80. The molecule has 0 aromatic heterocycles. The number of hydrogen-bond acceptors (Lipinski definition) is 4. The molecule has 24 heavy (non-hydrogen) atoms. The minimum absolute atomic E-state index is 0.238. The van der Waals surface area contributed by atoms with Gasteiger partial charge in [0.05, 0.1) is 0 Å². The monoisotopic (exact) mass is 330 g/mol. The van der Waals surface area contributed by atoms with Gasteiger partial charge in [-0.25, -0.2) is 0 Å². The predicted molar refractivity (Wildman–Crippen MR) is 94.9 cm³/mol. The highest BCUT2D eigenvalue weighted by Crippen LogP contribution is 2.30. The number of hydrogen-bond donors (Lipinski definition) is 1. The molecule has 0 saturated carbocycles. The SMILES string of the molecule is COCOc1ccc(COc2ccc(O)c(C)c2C)cc1C(C)C. The Hall–Kier alpha value is -2.20. The molecule has 2 rings (SSSR count). The highest BCUT2D eigenvalue weighted by Gasteiger charge is 2.11. The maximum absolute atomic E-state index is 9.73. The first kappa shape index (κ1) is 18.1. The topological polar surface area (TPSA) is 47.9 Å². The van der Waals surface area contributed by atoms with Crippen LogP contribution in [0.3, 0.4) is 0 Å². The first-order chi connectivity index (χ1) is 11.4. The van der Waals surface area contributed by atoms with E-state index in [-0.39, 0.29) is 6.79 Å². The quantitative estimate of drug-likeness (QED) is 0.748. The van der Waals surface area contributed by atoms with Crippen molar-refractivity contribution >= 4 is 0 Å². The van der Waals surface area contributed by atoms with Crippen molar-refractivity contribution < 1.29 is 19.3 Å². The van der Waals surface area contributed by atoms with Crippen molar-refractivity contribution in [2.24, 2.45) is 0 Å². The summed E-state index contributed by atoms with van der Waals surface area (Å²) < 4.78 is 16.5. The van der Waals surface area contributed by atoms with E-state index >= 15 is 0 Å². The lowest BCUT2D eigenvalue weighted by Crippen LogP contribution is -2.04. The molecular weight excluding hydrogens is 304 g/mol. The Morgan fingerprint density at radius 2 is 1.67 bits per heavy atom. The van der Waals surface area contributed by atoms with E-state index < -0.39 is 0 Å². The third-order valence-electron chi connectivity index (χ3n) is 4.13. The van der Waals surface area contributed by atoms with Crippen LogP contribution in [0.5, 0.6) is 17.2 Å². The molecule has 1 N–H and O–H groups in total. The smallest absolute Gasteiger partial charge is 0.188 e. The Morgan fingerprint density at radius 1 is 0.958 bits per heavy atom. The number of phenolic OH excluding ortho intramolecular Hbond substituents is 1. The zero-order valence-corrected chi connectivity index (χ0v) is 15.1. The van der Waals surface area contributed by atoms with Crippen molar-refractivity contribution in [1.82, 2.24) is 0 Å². The van der Waals surface area contributed by atoms with E-state index in [1.165, 1.54) is 0 Å². The van der Waals surface area contributed by atoms with Gasteiger partial charge in [0.1, 0.15) is 23.9 Å². The van der Waals surface area contributed by atoms with E-state index in [0.29, 0.717) is 18.3 Å². The average Bonchev–Trinajstić information content (AvgIpc) is 2.57. The lowest BCUT2D eigenvalue weighted by Gasteiger charge is -2.16. The molecule has 0 fully saturated rings. The molecule has 0 spiro atoms. The lowest BCUT2D eigenvalue weighted by atomic mass is 10.00. The van der Waals surface area contributed by atoms with Gasteiger partial charge >= 0.3 is 0 Å². The van der Waals surface area contributed by atoms with Crippen LogP contribution < -0.4 is 9.47 Å². The standard InChI is InChI=1S/C20H26O4/c1-13(2)17-10-16(6-8-20(17)24-12-22-5)11-23-19-9-7-18(21)14(3)15(19)4/h6-10,13,21H,11-12H2,1-5H3. The number of phenols is 1. The van der Waals surface area contributed by atoms with Crippen LogP contribution in [0.1, 0.15) is 42.0 Å². The van der Waals surface area contributed by atoms with E-state index in [1.807, 2.05) is 26.0 Å². The summed E-state index contributed by atoms with van der Waals surface area (Å²) in [5.41, 5.74) is 4.01. The third kappa shape index (κ3) is 4.20. The molecule has 0 radical (unpaired) electrons. The van der Waals surface area contributed by atoms with Gasteiger partial charge in [0, 0.05) is 7.11 Å². The molecule has 0 amide bonds. The molecule has 0 saturated heterocycles. The molecule has 0 aliphatic carbocycles. The highest BCUT2D eigenvalue weighted by molar-refractivity contribution is 5.46. The maximum Gasteiger partial charge on any atom is 0.188 e. The Balaban J connectivity index is 2.15. The second-order valence-electron chi connectivity index (χ2n) is 6.20.